The summed E-state index contributed by atoms with van der Waals surface area (Å²) in [5.41, 5.74) is 0.937. The van der Waals surface area contributed by atoms with E-state index in [1.807, 2.05) is 24.3 Å². The molecule has 0 bridgehead atoms. The van der Waals surface area contributed by atoms with E-state index in [4.69, 9.17) is 9.47 Å². The maximum Gasteiger partial charge on any atom is 0.295 e. The Hall–Kier alpha value is -3.23. The van der Waals surface area contributed by atoms with Gasteiger partial charge in [-0.2, -0.15) is 0 Å². The molecule has 1 atom stereocenters. The molecule has 2 aromatic carbocycles. The van der Waals surface area contributed by atoms with Gasteiger partial charge >= 0.3 is 0 Å². The Labute approximate surface area is 211 Å². The lowest BCUT2D eigenvalue weighted by Crippen LogP contribution is -2.42. The van der Waals surface area contributed by atoms with Gasteiger partial charge in [-0.1, -0.05) is 26.0 Å². The molecule has 0 aromatic heterocycles. The molecule has 0 saturated carbocycles. The molecule has 36 heavy (non-hydrogen) atoms. The standard InChI is InChI=1S/C28H33FN2O5/c1-19(2)10-15-36-23-5-3-4-21(18-23)25-24(26(32)20-6-8-22(29)9-7-20)27(33)28(34)31(25)12-11-30-13-16-35-17-14-30/h3-9,18-19,25,32H,10-17H2,1-2H3. The van der Waals surface area contributed by atoms with Gasteiger partial charge in [-0.05, 0) is 54.3 Å². The second kappa shape index (κ2) is 11.7. The van der Waals surface area contributed by atoms with E-state index in [2.05, 4.69) is 18.7 Å². The maximum absolute atomic E-state index is 13.5. The minimum absolute atomic E-state index is 0.00656. The van der Waals surface area contributed by atoms with Crippen LogP contribution in [0.1, 0.15) is 37.4 Å². The van der Waals surface area contributed by atoms with Crippen molar-refractivity contribution in [1.29, 1.82) is 0 Å². The first kappa shape index (κ1) is 25.9. The van der Waals surface area contributed by atoms with Crippen molar-refractivity contribution < 1.29 is 28.6 Å². The number of benzene rings is 2. The van der Waals surface area contributed by atoms with Gasteiger partial charge in [0.25, 0.3) is 11.7 Å². The number of amides is 1. The van der Waals surface area contributed by atoms with Gasteiger partial charge in [0.1, 0.15) is 17.3 Å². The van der Waals surface area contributed by atoms with Crippen LogP contribution in [-0.2, 0) is 14.3 Å². The van der Waals surface area contributed by atoms with Crippen LogP contribution in [0.4, 0.5) is 4.39 Å². The maximum atomic E-state index is 13.5. The summed E-state index contributed by atoms with van der Waals surface area (Å²) in [6.45, 7) is 8.45. The SMILES string of the molecule is CC(C)CCOc1cccc(C2C(=C(O)c3ccc(F)cc3)C(=O)C(=O)N2CCN2CCOCC2)c1. The zero-order valence-electron chi connectivity index (χ0n) is 20.8. The summed E-state index contributed by atoms with van der Waals surface area (Å²) in [5.74, 6) is -1.07. The summed E-state index contributed by atoms with van der Waals surface area (Å²) in [5, 5.41) is 11.1. The Morgan fingerprint density at radius 3 is 2.53 bits per heavy atom. The van der Waals surface area contributed by atoms with Gasteiger partial charge in [0.05, 0.1) is 31.4 Å². The first-order valence-electron chi connectivity index (χ1n) is 12.4. The van der Waals surface area contributed by atoms with E-state index in [0.29, 0.717) is 50.1 Å². The molecule has 8 heteroatoms. The van der Waals surface area contributed by atoms with Gasteiger partial charge in [0.2, 0.25) is 0 Å². The Morgan fingerprint density at radius 1 is 1.11 bits per heavy atom. The largest absolute Gasteiger partial charge is 0.507 e. The number of carbonyl (C=O) groups excluding carboxylic acids is 2. The third kappa shape index (κ3) is 5.94. The molecule has 7 nitrogen and oxygen atoms in total. The summed E-state index contributed by atoms with van der Waals surface area (Å²) < 4.78 is 24.8. The second-order valence-electron chi connectivity index (χ2n) is 9.56. The van der Waals surface area contributed by atoms with E-state index in [1.54, 1.807) is 0 Å². The summed E-state index contributed by atoms with van der Waals surface area (Å²) in [6, 6.07) is 11.7. The molecule has 2 fully saturated rings. The fourth-order valence-electron chi connectivity index (χ4n) is 4.48. The van der Waals surface area contributed by atoms with Gasteiger partial charge in [-0.3, -0.25) is 14.5 Å². The molecular weight excluding hydrogens is 463 g/mol. The van der Waals surface area contributed by atoms with Crippen LogP contribution in [-0.4, -0.2) is 72.6 Å². The van der Waals surface area contributed by atoms with Gasteiger partial charge in [-0.25, -0.2) is 4.39 Å². The van der Waals surface area contributed by atoms with E-state index in [-0.39, 0.29) is 16.9 Å². The Balaban J connectivity index is 1.69. The smallest absolute Gasteiger partial charge is 0.295 e. The highest BCUT2D eigenvalue weighted by molar-refractivity contribution is 6.46. The first-order valence-corrected chi connectivity index (χ1v) is 12.4. The van der Waals surface area contributed by atoms with Crippen molar-refractivity contribution in [2.75, 3.05) is 46.0 Å². The topological polar surface area (TPSA) is 79.3 Å². The van der Waals surface area contributed by atoms with Gasteiger partial charge < -0.3 is 19.5 Å². The zero-order chi connectivity index (χ0) is 25.7. The highest BCUT2D eigenvalue weighted by Gasteiger charge is 2.46. The Bertz CT molecular complexity index is 1110. The molecule has 1 N–H and O–H groups in total. The number of nitrogens with zero attached hydrogens (tertiary/aromatic N) is 2. The lowest BCUT2D eigenvalue weighted by Gasteiger charge is -2.31. The quantitative estimate of drug-likeness (QED) is 0.321. The van der Waals surface area contributed by atoms with Crippen LogP contribution in [0.15, 0.2) is 54.1 Å². The molecule has 1 unspecified atom stereocenters. The Kier molecular flexibility index (Phi) is 8.38. The average molecular weight is 497 g/mol. The van der Waals surface area contributed by atoms with E-state index in [0.717, 1.165) is 19.5 Å². The molecule has 2 aromatic rings. The summed E-state index contributed by atoms with van der Waals surface area (Å²) in [7, 11) is 0. The molecule has 0 spiro atoms. The lowest BCUT2D eigenvalue weighted by molar-refractivity contribution is -0.140. The van der Waals surface area contributed by atoms with Crippen molar-refractivity contribution in [3.05, 3.63) is 71.0 Å². The third-order valence-electron chi connectivity index (χ3n) is 6.56. The minimum atomic E-state index is -0.787. The molecule has 1 amide bonds. The number of aliphatic hydroxyl groups excluding tert-OH is 1. The van der Waals surface area contributed by atoms with Crippen LogP contribution < -0.4 is 4.74 Å². The molecule has 192 valence electrons. The van der Waals surface area contributed by atoms with E-state index in [9.17, 15) is 19.1 Å². The van der Waals surface area contributed by atoms with Crippen molar-refractivity contribution in [1.82, 2.24) is 9.80 Å². The number of ether oxygens (including phenoxy) is 2. The van der Waals surface area contributed by atoms with E-state index < -0.39 is 23.5 Å². The minimum Gasteiger partial charge on any atom is -0.507 e. The Morgan fingerprint density at radius 2 is 1.83 bits per heavy atom. The van der Waals surface area contributed by atoms with Crippen LogP contribution >= 0.6 is 0 Å². The number of aliphatic hydroxyl groups is 1. The van der Waals surface area contributed by atoms with Crippen LogP contribution in [0.3, 0.4) is 0 Å². The molecule has 2 aliphatic rings. The number of halogens is 1. The number of likely N-dealkylation sites (tertiary alicyclic amines) is 1. The van der Waals surface area contributed by atoms with E-state index >= 15 is 0 Å². The zero-order valence-corrected chi connectivity index (χ0v) is 20.8. The number of hydrogen-bond donors (Lipinski definition) is 1. The van der Waals surface area contributed by atoms with Gasteiger partial charge in [0.15, 0.2) is 0 Å². The number of ketones is 1. The molecule has 4 rings (SSSR count). The summed E-state index contributed by atoms with van der Waals surface area (Å²) in [4.78, 5) is 30.1. The van der Waals surface area contributed by atoms with E-state index in [1.165, 1.54) is 29.2 Å². The van der Waals surface area contributed by atoms with Crippen LogP contribution in [0.5, 0.6) is 5.75 Å². The fourth-order valence-corrected chi connectivity index (χ4v) is 4.48. The normalized spacial score (nSPS) is 20.3. The third-order valence-corrected chi connectivity index (χ3v) is 6.56. The molecule has 0 radical (unpaired) electrons. The van der Waals surface area contributed by atoms with Crippen molar-refractivity contribution in [3.8, 4) is 5.75 Å². The summed E-state index contributed by atoms with van der Waals surface area (Å²) >= 11 is 0. The van der Waals surface area contributed by atoms with Crippen molar-refractivity contribution in [2.45, 2.75) is 26.3 Å². The second-order valence-corrected chi connectivity index (χ2v) is 9.56. The number of Topliss-reactive ketones (excluding diaryl/α,β-unsaturated/α-hetero) is 1. The van der Waals surface area contributed by atoms with Crippen molar-refractivity contribution in [3.63, 3.8) is 0 Å². The highest BCUT2D eigenvalue weighted by atomic mass is 19.1. The highest BCUT2D eigenvalue weighted by Crippen LogP contribution is 2.40. The monoisotopic (exact) mass is 496 g/mol. The molecule has 2 heterocycles. The summed E-state index contributed by atoms with van der Waals surface area (Å²) in [6.07, 6.45) is 0.896. The van der Waals surface area contributed by atoms with Crippen molar-refractivity contribution in [2.24, 2.45) is 5.92 Å². The van der Waals surface area contributed by atoms with Crippen LogP contribution in [0, 0.1) is 11.7 Å². The fraction of sp³-hybridized carbons (Fsp3) is 0.429. The van der Waals surface area contributed by atoms with Gasteiger partial charge in [0, 0.05) is 31.7 Å². The molecule has 0 aliphatic carbocycles. The predicted molar refractivity (Wildman–Crippen MR) is 134 cm³/mol. The number of rotatable bonds is 9. The number of morpholine rings is 1. The molecule has 2 saturated heterocycles. The van der Waals surface area contributed by atoms with Crippen LogP contribution in [0.2, 0.25) is 0 Å². The molecule has 2 aliphatic heterocycles. The van der Waals surface area contributed by atoms with Crippen LogP contribution in [0.25, 0.3) is 5.76 Å². The lowest BCUT2D eigenvalue weighted by atomic mass is 9.95. The average Bonchev–Trinajstić information content (AvgIpc) is 3.13. The molecular formula is C28H33FN2O5. The predicted octanol–water partition coefficient (Wildman–Crippen LogP) is 4.00. The number of carbonyl (C=O) groups is 2. The van der Waals surface area contributed by atoms with Gasteiger partial charge in [-0.15, -0.1) is 0 Å². The first-order chi connectivity index (χ1) is 17.3. The van der Waals surface area contributed by atoms with Crippen molar-refractivity contribution >= 4 is 17.4 Å². The number of hydrogen-bond acceptors (Lipinski definition) is 6.